The first-order valence-corrected chi connectivity index (χ1v) is 4.70. The van der Waals surface area contributed by atoms with E-state index in [4.69, 9.17) is 11.6 Å². The molecule has 1 aromatic rings. The van der Waals surface area contributed by atoms with Gasteiger partial charge in [-0.05, 0) is 11.5 Å². The average molecular weight is 197 g/mol. The molecule has 0 radical (unpaired) electrons. The van der Waals surface area contributed by atoms with Crippen LogP contribution in [0.4, 0.5) is 0 Å². The summed E-state index contributed by atoms with van der Waals surface area (Å²) < 4.78 is 0. The van der Waals surface area contributed by atoms with Gasteiger partial charge in [-0.25, -0.2) is 0 Å². The molecule has 0 aliphatic carbocycles. The Bertz CT molecular complexity index is 281. The molecule has 1 aromatic carbocycles. The second kappa shape index (κ2) is 3.93. The van der Waals surface area contributed by atoms with Crippen LogP contribution in [0.1, 0.15) is 19.4 Å². The minimum atomic E-state index is -0.874. The van der Waals surface area contributed by atoms with E-state index in [1.807, 2.05) is 44.2 Å². The highest BCUT2D eigenvalue weighted by molar-refractivity contribution is 6.31. The Labute approximate surface area is 83.7 Å². The Morgan fingerprint density at radius 3 is 2.23 bits per heavy atom. The topological polar surface area (TPSA) is 17.1 Å². The van der Waals surface area contributed by atoms with Gasteiger partial charge in [-0.2, -0.15) is 0 Å². The highest BCUT2D eigenvalue weighted by atomic mass is 35.5. The van der Waals surface area contributed by atoms with Crippen LogP contribution in [0.5, 0.6) is 0 Å². The number of alkyl halides is 1. The molecule has 0 aliphatic heterocycles. The van der Waals surface area contributed by atoms with Crippen molar-refractivity contribution in [3.8, 4) is 0 Å². The van der Waals surface area contributed by atoms with Gasteiger partial charge in [0.15, 0.2) is 0 Å². The molecule has 0 aromatic heterocycles. The number of benzene rings is 1. The molecule has 0 amide bonds. The molecule has 0 bridgehead atoms. The number of carbonyl (C=O) groups excluding carboxylic acids is 1. The zero-order chi connectivity index (χ0) is 9.90. The fraction of sp³-hybridized carbons (Fsp3) is 0.364. The van der Waals surface area contributed by atoms with Gasteiger partial charge in [0.05, 0.1) is 0 Å². The zero-order valence-electron chi connectivity index (χ0n) is 7.83. The predicted molar refractivity (Wildman–Crippen MR) is 54.9 cm³/mol. The van der Waals surface area contributed by atoms with Crippen molar-refractivity contribution in [2.45, 2.75) is 18.7 Å². The third-order valence-electron chi connectivity index (χ3n) is 2.23. The van der Waals surface area contributed by atoms with Gasteiger partial charge >= 0.3 is 0 Å². The highest BCUT2D eigenvalue weighted by Crippen LogP contribution is 2.34. The molecule has 13 heavy (non-hydrogen) atoms. The van der Waals surface area contributed by atoms with Gasteiger partial charge in [-0.1, -0.05) is 44.2 Å². The number of carbonyl (C=O) groups is 1. The zero-order valence-corrected chi connectivity index (χ0v) is 8.58. The number of hydrogen-bond donors (Lipinski definition) is 0. The van der Waals surface area contributed by atoms with Gasteiger partial charge in [-0.15, -0.1) is 11.6 Å². The summed E-state index contributed by atoms with van der Waals surface area (Å²) in [6.07, 6.45) is 0.814. The van der Waals surface area contributed by atoms with Gasteiger partial charge in [0.1, 0.15) is 11.2 Å². The molecule has 1 unspecified atom stereocenters. The fourth-order valence-corrected chi connectivity index (χ4v) is 1.36. The molecular weight excluding hydrogens is 184 g/mol. The Morgan fingerprint density at radius 2 is 1.85 bits per heavy atom. The van der Waals surface area contributed by atoms with Crippen molar-refractivity contribution in [2.75, 3.05) is 0 Å². The number of aldehydes is 1. The Kier molecular flexibility index (Phi) is 3.10. The first-order valence-electron chi connectivity index (χ1n) is 4.32. The Balaban J connectivity index is 3.10. The predicted octanol–water partition coefficient (Wildman–Crippen LogP) is 2.98. The van der Waals surface area contributed by atoms with Crippen LogP contribution in [0.15, 0.2) is 30.3 Å². The minimum absolute atomic E-state index is 0.0917. The van der Waals surface area contributed by atoms with Crippen LogP contribution in [0, 0.1) is 5.92 Å². The van der Waals surface area contributed by atoms with Crippen LogP contribution in [-0.2, 0) is 9.67 Å². The number of rotatable bonds is 3. The van der Waals surface area contributed by atoms with Crippen LogP contribution in [-0.4, -0.2) is 6.29 Å². The van der Waals surface area contributed by atoms with E-state index in [1.165, 1.54) is 0 Å². The lowest BCUT2D eigenvalue weighted by molar-refractivity contribution is -0.111. The summed E-state index contributed by atoms with van der Waals surface area (Å²) in [6.45, 7) is 3.88. The minimum Gasteiger partial charge on any atom is -0.301 e. The molecule has 0 saturated heterocycles. The molecule has 0 aliphatic rings. The summed E-state index contributed by atoms with van der Waals surface area (Å²) in [5.74, 6) is 0.0917. The van der Waals surface area contributed by atoms with E-state index in [-0.39, 0.29) is 5.92 Å². The number of hydrogen-bond acceptors (Lipinski definition) is 1. The maximum atomic E-state index is 10.9. The first-order chi connectivity index (χ1) is 6.11. The van der Waals surface area contributed by atoms with Gasteiger partial charge in [0.25, 0.3) is 0 Å². The van der Waals surface area contributed by atoms with Crippen molar-refractivity contribution >= 4 is 17.9 Å². The second-order valence-electron chi connectivity index (χ2n) is 3.41. The quantitative estimate of drug-likeness (QED) is 0.537. The third-order valence-corrected chi connectivity index (χ3v) is 2.97. The SMILES string of the molecule is CC(C)C(Cl)(C=O)c1ccccc1. The summed E-state index contributed by atoms with van der Waals surface area (Å²) in [4.78, 5) is 10.1. The lowest BCUT2D eigenvalue weighted by Gasteiger charge is -2.25. The summed E-state index contributed by atoms with van der Waals surface area (Å²) in [5.41, 5.74) is 0.863. The van der Waals surface area contributed by atoms with Crippen molar-refractivity contribution in [3.63, 3.8) is 0 Å². The smallest absolute Gasteiger partial charge is 0.145 e. The summed E-state index contributed by atoms with van der Waals surface area (Å²) >= 11 is 6.22. The standard InChI is InChI=1S/C11H13ClO/c1-9(2)11(12,8-13)10-6-4-3-5-7-10/h3-9H,1-2H3. The van der Waals surface area contributed by atoms with Gasteiger partial charge in [0, 0.05) is 0 Å². The lowest BCUT2D eigenvalue weighted by Crippen LogP contribution is -2.27. The number of halogens is 1. The summed E-state index contributed by atoms with van der Waals surface area (Å²) in [7, 11) is 0. The van der Waals surface area contributed by atoms with E-state index >= 15 is 0 Å². The fourth-order valence-electron chi connectivity index (χ4n) is 1.23. The van der Waals surface area contributed by atoms with Gasteiger partial charge in [0.2, 0.25) is 0 Å². The second-order valence-corrected chi connectivity index (χ2v) is 4.03. The van der Waals surface area contributed by atoms with E-state index in [0.29, 0.717) is 0 Å². The molecular formula is C11H13ClO. The van der Waals surface area contributed by atoms with Gasteiger partial charge < -0.3 is 4.79 Å². The largest absolute Gasteiger partial charge is 0.301 e. The van der Waals surface area contributed by atoms with E-state index in [9.17, 15) is 4.79 Å². The monoisotopic (exact) mass is 196 g/mol. The van der Waals surface area contributed by atoms with Crippen LogP contribution in [0.2, 0.25) is 0 Å². The molecule has 1 nitrogen and oxygen atoms in total. The molecule has 70 valence electrons. The molecule has 2 heteroatoms. The molecule has 0 fully saturated rings. The lowest BCUT2D eigenvalue weighted by atomic mass is 9.89. The van der Waals surface area contributed by atoms with E-state index in [2.05, 4.69) is 0 Å². The van der Waals surface area contributed by atoms with Crippen molar-refractivity contribution in [1.82, 2.24) is 0 Å². The third kappa shape index (κ3) is 1.92. The highest BCUT2D eigenvalue weighted by Gasteiger charge is 2.32. The van der Waals surface area contributed by atoms with E-state index < -0.39 is 4.87 Å². The van der Waals surface area contributed by atoms with Gasteiger partial charge in [-0.3, -0.25) is 0 Å². The maximum absolute atomic E-state index is 10.9. The summed E-state index contributed by atoms with van der Waals surface area (Å²) in [6, 6.07) is 9.44. The molecule has 0 heterocycles. The molecule has 1 rings (SSSR count). The first kappa shape index (κ1) is 10.3. The van der Waals surface area contributed by atoms with Crippen LogP contribution >= 0.6 is 11.6 Å². The van der Waals surface area contributed by atoms with E-state index in [1.54, 1.807) is 0 Å². The van der Waals surface area contributed by atoms with E-state index in [0.717, 1.165) is 11.8 Å². The van der Waals surface area contributed by atoms with Crippen molar-refractivity contribution in [2.24, 2.45) is 5.92 Å². The van der Waals surface area contributed by atoms with Crippen LogP contribution < -0.4 is 0 Å². The normalized spacial score (nSPS) is 15.4. The molecule has 0 saturated carbocycles. The maximum Gasteiger partial charge on any atom is 0.145 e. The summed E-state index contributed by atoms with van der Waals surface area (Å²) in [5, 5.41) is 0. The molecule has 1 atom stereocenters. The van der Waals surface area contributed by atoms with Crippen molar-refractivity contribution < 1.29 is 4.79 Å². The molecule has 0 N–H and O–H groups in total. The Morgan fingerprint density at radius 1 is 1.31 bits per heavy atom. The van der Waals surface area contributed by atoms with Crippen molar-refractivity contribution in [1.29, 1.82) is 0 Å². The van der Waals surface area contributed by atoms with Crippen molar-refractivity contribution in [3.05, 3.63) is 35.9 Å². The van der Waals surface area contributed by atoms with Crippen LogP contribution in [0.3, 0.4) is 0 Å². The van der Waals surface area contributed by atoms with Crippen LogP contribution in [0.25, 0.3) is 0 Å². The average Bonchev–Trinajstić information content (AvgIpc) is 2.17. The Hall–Kier alpha value is -0.820. The molecule has 0 spiro atoms.